The van der Waals surface area contributed by atoms with Crippen LogP contribution in [-0.4, -0.2) is 25.3 Å². The SMILES string of the molecule is CCSc1nn(-c2ccn(C)n2)c(N)c1-c1cc(Cl)cc(C(F)(F)F)c1. The van der Waals surface area contributed by atoms with Gasteiger partial charge in [0.1, 0.15) is 10.8 Å². The van der Waals surface area contributed by atoms with Crippen LogP contribution in [0.15, 0.2) is 35.5 Å². The number of nitrogens with two attached hydrogens (primary N) is 1. The lowest BCUT2D eigenvalue weighted by Gasteiger charge is -2.10. The van der Waals surface area contributed by atoms with Gasteiger partial charge in [-0.2, -0.15) is 28.1 Å². The molecule has 2 N–H and O–H groups in total. The Hall–Kier alpha value is -2.13. The Morgan fingerprint density at radius 3 is 2.54 bits per heavy atom. The van der Waals surface area contributed by atoms with Gasteiger partial charge < -0.3 is 5.73 Å². The van der Waals surface area contributed by atoms with Gasteiger partial charge in [-0.05, 0) is 29.5 Å². The van der Waals surface area contributed by atoms with Crippen LogP contribution in [-0.2, 0) is 13.2 Å². The fraction of sp³-hybridized carbons (Fsp3) is 0.250. The Bertz CT molecular complexity index is 948. The number of thioether (sulfide) groups is 1. The first-order valence-corrected chi connectivity index (χ1v) is 8.96. The third-order valence-electron chi connectivity index (χ3n) is 3.60. The summed E-state index contributed by atoms with van der Waals surface area (Å²) in [5.41, 5.74) is 6.07. The first-order chi connectivity index (χ1) is 12.2. The number of hydrogen-bond donors (Lipinski definition) is 1. The standard InChI is InChI=1S/C16H15ClF3N5S/c1-3-26-15-13(9-6-10(16(18,19)20)8-11(17)7-9)14(21)25(23-15)12-4-5-24(2)22-12/h4-8H,3,21H2,1-2H3. The Kier molecular flexibility index (Phi) is 4.94. The predicted molar refractivity (Wildman–Crippen MR) is 96.6 cm³/mol. The highest BCUT2D eigenvalue weighted by atomic mass is 35.5. The first-order valence-electron chi connectivity index (χ1n) is 7.60. The van der Waals surface area contributed by atoms with E-state index in [0.717, 1.165) is 12.1 Å². The van der Waals surface area contributed by atoms with E-state index in [1.165, 1.54) is 22.5 Å². The second kappa shape index (κ2) is 6.88. The second-order valence-electron chi connectivity index (χ2n) is 5.48. The Labute approximate surface area is 156 Å². The predicted octanol–water partition coefficient (Wildman–Crippen LogP) is 4.64. The molecular formula is C16H15ClF3N5S. The average Bonchev–Trinajstić information content (AvgIpc) is 3.10. The van der Waals surface area contributed by atoms with Gasteiger partial charge >= 0.3 is 6.18 Å². The molecule has 10 heteroatoms. The van der Waals surface area contributed by atoms with Crippen molar-refractivity contribution >= 4 is 29.2 Å². The molecule has 0 aliphatic heterocycles. The Morgan fingerprint density at radius 2 is 1.96 bits per heavy atom. The minimum Gasteiger partial charge on any atom is -0.383 e. The van der Waals surface area contributed by atoms with Crippen LogP contribution in [0, 0.1) is 0 Å². The van der Waals surface area contributed by atoms with Gasteiger partial charge in [0.15, 0.2) is 5.82 Å². The van der Waals surface area contributed by atoms with Gasteiger partial charge in [0.25, 0.3) is 0 Å². The number of nitrogen functional groups attached to an aromatic ring is 1. The molecule has 0 aliphatic rings. The second-order valence-corrected chi connectivity index (χ2v) is 7.17. The van der Waals surface area contributed by atoms with Crippen molar-refractivity contribution in [3.63, 3.8) is 0 Å². The van der Waals surface area contributed by atoms with E-state index in [0.29, 0.717) is 22.2 Å². The molecule has 0 bridgehead atoms. The summed E-state index contributed by atoms with van der Waals surface area (Å²) in [6.07, 6.45) is -2.78. The number of halogens is 4. The Balaban J connectivity index is 2.21. The number of anilines is 1. The fourth-order valence-electron chi connectivity index (χ4n) is 2.51. The number of aromatic nitrogens is 4. The Morgan fingerprint density at radius 1 is 1.23 bits per heavy atom. The van der Waals surface area contributed by atoms with Gasteiger partial charge in [-0.15, -0.1) is 11.8 Å². The number of rotatable bonds is 4. The summed E-state index contributed by atoms with van der Waals surface area (Å²) in [5, 5.41) is 9.18. The topological polar surface area (TPSA) is 61.7 Å². The minimum absolute atomic E-state index is 0.0211. The molecule has 26 heavy (non-hydrogen) atoms. The lowest BCUT2D eigenvalue weighted by molar-refractivity contribution is -0.137. The molecule has 1 aromatic carbocycles. The van der Waals surface area contributed by atoms with Gasteiger partial charge in [0, 0.05) is 24.3 Å². The average molecular weight is 402 g/mol. The monoisotopic (exact) mass is 401 g/mol. The van der Waals surface area contributed by atoms with E-state index in [-0.39, 0.29) is 16.4 Å². The molecule has 5 nitrogen and oxygen atoms in total. The molecule has 0 saturated carbocycles. The molecule has 2 aromatic heterocycles. The zero-order valence-corrected chi connectivity index (χ0v) is 15.5. The zero-order valence-electron chi connectivity index (χ0n) is 13.9. The zero-order chi connectivity index (χ0) is 19.1. The summed E-state index contributed by atoms with van der Waals surface area (Å²) in [5.74, 6) is 1.36. The lowest BCUT2D eigenvalue weighted by Crippen LogP contribution is -2.06. The van der Waals surface area contributed by atoms with Crippen molar-refractivity contribution in [3.05, 3.63) is 41.0 Å². The third-order valence-corrected chi connectivity index (χ3v) is 4.67. The number of alkyl halides is 3. The number of hydrogen-bond acceptors (Lipinski definition) is 4. The molecule has 2 heterocycles. The van der Waals surface area contributed by atoms with Crippen LogP contribution in [0.4, 0.5) is 19.0 Å². The largest absolute Gasteiger partial charge is 0.416 e. The van der Waals surface area contributed by atoms with Gasteiger partial charge in [-0.1, -0.05) is 18.5 Å². The maximum Gasteiger partial charge on any atom is 0.416 e. The summed E-state index contributed by atoms with van der Waals surface area (Å²) < 4.78 is 42.5. The van der Waals surface area contributed by atoms with Crippen molar-refractivity contribution in [1.29, 1.82) is 0 Å². The molecule has 0 fully saturated rings. The highest BCUT2D eigenvalue weighted by Crippen LogP contribution is 2.40. The molecule has 3 rings (SSSR count). The molecule has 0 spiro atoms. The lowest BCUT2D eigenvalue weighted by atomic mass is 10.0. The quantitative estimate of drug-likeness (QED) is 0.647. The van der Waals surface area contributed by atoms with E-state index in [2.05, 4.69) is 10.2 Å². The molecular weight excluding hydrogens is 387 g/mol. The van der Waals surface area contributed by atoms with Crippen molar-refractivity contribution in [2.24, 2.45) is 7.05 Å². The van der Waals surface area contributed by atoms with Crippen LogP contribution < -0.4 is 5.73 Å². The van der Waals surface area contributed by atoms with E-state index in [1.807, 2.05) is 6.92 Å². The molecule has 0 amide bonds. The number of benzene rings is 1. The van der Waals surface area contributed by atoms with Gasteiger partial charge in [-0.25, -0.2) is 0 Å². The van der Waals surface area contributed by atoms with Crippen LogP contribution in [0.25, 0.3) is 16.9 Å². The first kappa shape index (κ1) is 18.7. The van der Waals surface area contributed by atoms with E-state index in [4.69, 9.17) is 17.3 Å². The molecule has 0 saturated heterocycles. The van der Waals surface area contributed by atoms with Crippen molar-refractivity contribution in [3.8, 4) is 16.9 Å². The molecule has 0 atom stereocenters. The van der Waals surface area contributed by atoms with Gasteiger partial charge in [-0.3, -0.25) is 4.68 Å². The summed E-state index contributed by atoms with van der Waals surface area (Å²) in [4.78, 5) is 0. The third kappa shape index (κ3) is 3.54. The molecule has 0 aliphatic carbocycles. The van der Waals surface area contributed by atoms with Crippen molar-refractivity contribution in [1.82, 2.24) is 19.6 Å². The van der Waals surface area contributed by atoms with Crippen LogP contribution in [0.2, 0.25) is 5.02 Å². The van der Waals surface area contributed by atoms with E-state index in [9.17, 15) is 13.2 Å². The number of nitrogens with zero attached hydrogens (tertiary/aromatic N) is 4. The summed E-state index contributed by atoms with van der Waals surface area (Å²) in [6, 6.07) is 5.08. The van der Waals surface area contributed by atoms with Gasteiger partial charge in [0.05, 0.1) is 11.1 Å². The normalized spacial score (nSPS) is 11.9. The van der Waals surface area contributed by atoms with Crippen molar-refractivity contribution < 1.29 is 13.2 Å². The van der Waals surface area contributed by atoms with E-state index >= 15 is 0 Å². The van der Waals surface area contributed by atoms with E-state index < -0.39 is 11.7 Å². The molecule has 138 valence electrons. The molecule has 0 radical (unpaired) electrons. The van der Waals surface area contributed by atoms with E-state index in [1.54, 1.807) is 24.0 Å². The molecule has 3 aromatic rings. The van der Waals surface area contributed by atoms with Crippen LogP contribution >= 0.6 is 23.4 Å². The van der Waals surface area contributed by atoms with Crippen LogP contribution in [0.3, 0.4) is 0 Å². The minimum atomic E-state index is -4.51. The van der Waals surface area contributed by atoms with Crippen molar-refractivity contribution in [2.75, 3.05) is 11.5 Å². The maximum atomic E-state index is 13.2. The summed E-state index contributed by atoms with van der Waals surface area (Å²) >= 11 is 7.31. The molecule has 0 unspecified atom stereocenters. The number of aryl methyl sites for hydroxylation is 1. The highest BCUT2D eigenvalue weighted by molar-refractivity contribution is 7.99. The van der Waals surface area contributed by atoms with Gasteiger partial charge in [0.2, 0.25) is 0 Å². The maximum absolute atomic E-state index is 13.2. The smallest absolute Gasteiger partial charge is 0.383 e. The van der Waals surface area contributed by atoms with Crippen molar-refractivity contribution in [2.45, 2.75) is 18.1 Å². The highest BCUT2D eigenvalue weighted by Gasteiger charge is 2.32. The summed E-state index contributed by atoms with van der Waals surface area (Å²) in [7, 11) is 1.75. The van der Waals surface area contributed by atoms with Crippen LogP contribution in [0.1, 0.15) is 12.5 Å². The van der Waals surface area contributed by atoms with Crippen LogP contribution in [0.5, 0.6) is 0 Å². The fourth-order valence-corrected chi connectivity index (χ4v) is 3.52. The summed E-state index contributed by atoms with van der Waals surface area (Å²) in [6.45, 7) is 1.92.